The topological polar surface area (TPSA) is 24.5 Å². The molecule has 0 amide bonds. The Kier molecular flexibility index (Phi) is 4.46. The Bertz CT molecular complexity index is 731. The minimum atomic E-state index is -0.346. The largest absolute Gasteiger partial charge is 0.493 e. The van der Waals surface area contributed by atoms with Crippen molar-refractivity contribution < 1.29 is 13.5 Å². The van der Waals surface area contributed by atoms with Gasteiger partial charge in [0.1, 0.15) is 17.4 Å². The first-order chi connectivity index (χ1) is 11.2. The first kappa shape index (κ1) is 15.3. The molecule has 120 valence electrons. The number of rotatable bonds is 5. The van der Waals surface area contributed by atoms with Crippen molar-refractivity contribution in [3.8, 4) is 16.9 Å². The Morgan fingerprint density at radius 3 is 2.61 bits per heavy atom. The van der Waals surface area contributed by atoms with E-state index in [9.17, 15) is 8.78 Å². The van der Waals surface area contributed by atoms with Crippen LogP contribution in [0.5, 0.6) is 5.75 Å². The van der Waals surface area contributed by atoms with Crippen molar-refractivity contribution in [2.24, 2.45) is 0 Å². The maximum atomic E-state index is 13.7. The minimum Gasteiger partial charge on any atom is -0.493 e. The zero-order valence-corrected chi connectivity index (χ0v) is 12.9. The molecule has 0 saturated heterocycles. The predicted molar refractivity (Wildman–Crippen MR) is 85.6 cm³/mol. The van der Waals surface area contributed by atoms with Crippen molar-refractivity contribution in [3.05, 3.63) is 66.0 Å². The Labute approximate surface area is 134 Å². The second kappa shape index (κ2) is 6.69. The molecular weight excluding hydrogens is 298 g/mol. The minimum absolute atomic E-state index is 0.311. The van der Waals surface area contributed by atoms with Gasteiger partial charge < -0.3 is 15.0 Å². The molecule has 0 aromatic heterocycles. The van der Waals surface area contributed by atoms with Gasteiger partial charge in [-0.05, 0) is 48.4 Å². The van der Waals surface area contributed by atoms with Crippen molar-refractivity contribution >= 4 is 0 Å². The lowest BCUT2D eigenvalue weighted by molar-refractivity contribution is 0.341. The highest BCUT2D eigenvalue weighted by molar-refractivity contribution is 5.73. The second-order valence-corrected chi connectivity index (χ2v) is 5.30. The van der Waals surface area contributed by atoms with Gasteiger partial charge in [0.25, 0.3) is 0 Å². The zero-order valence-electron chi connectivity index (χ0n) is 12.9. The Hall–Kier alpha value is -2.56. The van der Waals surface area contributed by atoms with E-state index in [0.29, 0.717) is 31.1 Å². The molecule has 0 radical (unpaired) electrons. The summed E-state index contributed by atoms with van der Waals surface area (Å²) >= 11 is 0. The van der Waals surface area contributed by atoms with Crippen LogP contribution in [-0.4, -0.2) is 18.2 Å². The van der Waals surface area contributed by atoms with Crippen LogP contribution in [-0.2, 0) is 6.54 Å². The van der Waals surface area contributed by atoms with E-state index in [1.165, 1.54) is 24.3 Å². The number of hydrogen-bond donors (Lipinski definition) is 1. The average molecular weight is 316 g/mol. The molecule has 1 heterocycles. The molecule has 0 bridgehead atoms. The van der Waals surface area contributed by atoms with Crippen LogP contribution in [0.25, 0.3) is 11.1 Å². The molecule has 3 nitrogen and oxygen atoms in total. The summed E-state index contributed by atoms with van der Waals surface area (Å²) in [6.07, 6.45) is 3.75. The van der Waals surface area contributed by atoms with Gasteiger partial charge in [-0.1, -0.05) is 6.07 Å². The fourth-order valence-electron chi connectivity index (χ4n) is 2.66. The number of halogens is 2. The van der Waals surface area contributed by atoms with E-state index in [2.05, 4.69) is 5.32 Å². The monoisotopic (exact) mass is 316 g/mol. The molecule has 0 aliphatic carbocycles. The van der Waals surface area contributed by atoms with E-state index in [1.807, 2.05) is 24.2 Å². The molecule has 1 aliphatic rings. The van der Waals surface area contributed by atoms with Crippen LogP contribution in [0.4, 0.5) is 8.78 Å². The highest BCUT2D eigenvalue weighted by Gasteiger charge is 2.15. The van der Waals surface area contributed by atoms with Gasteiger partial charge in [-0.15, -0.1) is 0 Å². The van der Waals surface area contributed by atoms with Gasteiger partial charge in [0.15, 0.2) is 0 Å². The lowest BCUT2D eigenvalue weighted by Gasteiger charge is -2.19. The summed E-state index contributed by atoms with van der Waals surface area (Å²) < 4.78 is 33.0. The highest BCUT2D eigenvalue weighted by atomic mass is 19.1. The summed E-state index contributed by atoms with van der Waals surface area (Å²) in [5.41, 5.74) is 2.19. The second-order valence-electron chi connectivity index (χ2n) is 5.30. The van der Waals surface area contributed by atoms with Crippen LogP contribution < -0.4 is 10.1 Å². The molecule has 1 aliphatic heterocycles. The van der Waals surface area contributed by atoms with Crippen molar-refractivity contribution in [2.45, 2.75) is 13.5 Å². The van der Waals surface area contributed by atoms with E-state index in [4.69, 9.17) is 4.74 Å². The van der Waals surface area contributed by atoms with Gasteiger partial charge >= 0.3 is 0 Å². The van der Waals surface area contributed by atoms with Gasteiger partial charge in [0.05, 0.1) is 13.3 Å². The number of nitrogens with zero attached hydrogens (tertiary/aromatic N) is 1. The summed E-state index contributed by atoms with van der Waals surface area (Å²) in [4.78, 5) is 2.01. The lowest BCUT2D eigenvalue weighted by atomic mass is 9.98. The smallest absolute Gasteiger partial charge is 0.127 e. The summed E-state index contributed by atoms with van der Waals surface area (Å²) in [5.74, 6) is -0.0624. The molecule has 0 unspecified atom stereocenters. The maximum absolute atomic E-state index is 13.7. The van der Waals surface area contributed by atoms with Crippen molar-refractivity contribution in [1.82, 2.24) is 10.2 Å². The number of hydrogen-bond acceptors (Lipinski definition) is 3. The van der Waals surface area contributed by atoms with Gasteiger partial charge in [0, 0.05) is 24.5 Å². The highest BCUT2D eigenvalue weighted by Crippen LogP contribution is 2.34. The van der Waals surface area contributed by atoms with Crippen LogP contribution >= 0.6 is 0 Å². The lowest BCUT2D eigenvalue weighted by Crippen LogP contribution is -2.20. The summed E-state index contributed by atoms with van der Waals surface area (Å²) in [7, 11) is 0. The normalized spacial score (nSPS) is 13.3. The SMILES string of the molecule is CCOc1ccc(F)cc1-c1ccc(F)cc1CN1C=CNC1. The third kappa shape index (κ3) is 3.44. The van der Waals surface area contributed by atoms with Crippen molar-refractivity contribution in [2.75, 3.05) is 13.3 Å². The fraction of sp³-hybridized carbons (Fsp3) is 0.222. The van der Waals surface area contributed by atoms with Crippen molar-refractivity contribution in [3.63, 3.8) is 0 Å². The van der Waals surface area contributed by atoms with Gasteiger partial charge in [-0.25, -0.2) is 8.78 Å². The summed E-state index contributed by atoms with van der Waals surface area (Å²) in [5, 5.41) is 3.07. The molecule has 0 saturated carbocycles. The van der Waals surface area contributed by atoms with Crippen LogP contribution in [0.1, 0.15) is 12.5 Å². The molecule has 2 aromatic carbocycles. The third-order valence-corrected chi connectivity index (χ3v) is 3.67. The van der Waals surface area contributed by atoms with Gasteiger partial charge in [0.2, 0.25) is 0 Å². The fourth-order valence-corrected chi connectivity index (χ4v) is 2.66. The van der Waals surface area contributed by atoms with Gasteiger partial charge in [-0.3, -0.25) is 0 Å². The summed E-state index contributed by atoms with van der Waals surface area (Å²) in [6.45, 7) is 3.55. The van der Waals surface area contributed by atoms with E-state index in [-0.39, 0.29) is 11.6 Å². The van der Waals surface area contributed by atoms with E-state index < -0.39 is 0 Å². The first-order valence-electron chi connectivity index (χ1n) is 7.52. The van der Waals surface area contributed by atoms with Crippen LogP contribution in [0, 0.1) is 11.6 Å². The molecule has 2 aromatic rings. The Morgan fingerprint density at radius 1 is 1.09 bits per heavy atom. The molecule has 3 rings (SSSR count). The van der Waals surface area contributed by atoms with Crippen LogP contribution in [0.15, 0.2) is 48.8 Å². The number of nitrogens with one attached hydrogen (secondary N) is 1. The van der Waals surface area contributed by atoms with Crippen LogP contribution in [0.2, 0.25) is 0 Å². The van der Waals surface area contributed by atoms with E-state index in [0.717, 1.165) is 11.1 Å². The third-order valence-electron chi connectivity index (χ3n) is 3.67. The first-order valence-corrected chi connectivity index (χ1v) is 7.52. The maximum Gasteiger partial charge on any atom is 0.127 e. The average Bonchev–Trinajstić information content (AvgIpc) is 3.03. The van der Waals surface area contributed by atoms with Crippen molar-refractivity contribution in [1.29, 1.82) is 0 Å². The molecule has 0 spiro atoms. The van der Waals surface area contributed by atoms with E-state index in [1.54, 1.807) is 12.1 Å². The molecule has 1 N–H and O–H groups in total. The Morgan fingerprint density at radius 2 is 1.87 bits per heavy atom. The molecular formula is C18H18F2N2O. The standard InChI is InChI=1S/C18H18F2N2O/c1-2-23-18-6-4-15(20)10-17(18)16-5-3-14(19)9-13(16)11-22-8-7-21-12-22/h3-10,21H,2,11-12H2,1H3. The summed E-state index contributed by atoms with van der Waals surface area (Å²) in [6, 6.07) is 8.96. The predicted octanol–water partition coefficient (Wildman–Crippen LogP) is 3.86. The molecule has 23 heavy (non-hydrogen) atoms. The molecule has 0 atom stereocenters. The van der Waals surface area contributed by atoms with Crippen LogP contribution in [0.3, 0.4) is 0 Å². The number of ether oxygens (including phenoxy) is 1. The Balaban J connectivity index is 2.05. The van der Waals surface area contributed by atoms with Gasteiger partial charge in [-0.2, -0.15) is 0 Å². The molecule has 0 fully saturated rings. The number of benzene rings is 2. The van der Waals surface area contributed by atoms with E-state index >= 15 is 0 Å². The molecule has 5 heteroatoms. The zero-order chi connectivity index (χ0) is 16.2. The quantitative estimate of drug-likeness (QED) is 0.906.